The monoisotopic (exact) mass is 218 g/mol. The first-order chi connectivity index (χ1) is 6.88. The van der Waals surface area contributed by atoms with Gasteiger partial charge >= 0.3 is 0 Å². The van der Waals surface area contributed by atoms with Crippen LogP contribution >= 0.6 is 19.4 Å². The maximum Gasteiger partial charge on any atom is 0.0119 e. The lowest BCUT2D eigenvalue weighted by atomic mass is 10.4. The van der Waals surface area contributed by atoms with Gasteiger partial charge in [-0.1, -0.05) is 60.7 Å². The van der Waals surface area contributed by atoms with Gasteiger partial charge in [0.1, 0.15) is 0 Å². The highest BCUT2D eigenvalue weighted by molar-refractivity contribution is 8.50. The summed E-state index contributed by atoms with van der Waals surface area (Å²) in [4.78, 5) is 0. The predicted octanol–water partition coefficient (Wildman–Crippen LogP) is 2.96. The van der Waals surface area contributed by atoms with Gasteiger partial charge in [-0.15, -0.1) is 12.2 Å². The molecule has 14 heavy (non-hydrogen) atoms. The SMILES string of the molecule is SP(c1ccccc1)c1ccccc1. The lowest BCUT2D eigenvalue weighted by Crippen LogP contribution is -2.06. The Morgan fingerprint density at radius 3 is 1.36 bits per heavy atom. The molecule has 0 unspecified atom stereocenters. The smallest absolute Gasteiger partial charge is 0.0119 e. The van der Waals surface area contributed by atoms with E-state index in [9.17, 15) is 0 Å². The first kappa shape index (κ1) is 9.76. The van der Waals surface area contributed by atoms with Crippen molar-refractivity contribution in [2.75, 3.05) is 0 Å². The fourth-order valence-corrected chi connectivity index (χ4v) is 3.29. The molecule has 2 rings (SSSR count). The summed E-state index contributed by atoms with van der Waals surface area (Å²) in [5.41, 5.74) is 0. The average molecular weight is 218 g/mol. The minimum atomic E-state index is -0.476. The Hall–Kier alpha value is -0.780. The van der Waals surface area contributed by atoms with Gasteiger partial charge in [-0.2, -0.15) is 0 Å². The van der Waals surface area contributed by atoms with E-state index in [1.165, 1.54) is 10.6 Å². The molecule has 0 radical (unpaired) electrons. The topological polar surface area (TPSA) is 0 Å². The van der Waals surface area contributed by atoms with Crippen LogP contribution in [0.15, 0.2) is 60.7 Å². The van der Waals surface area contributed by atoms with E-state index in [0.717, 1.165) is 0 Å². The zero-order valence-corrected chi connectivity index (χ0v) is 9.46. The molecule has 0 aliphatic heterocycles. The molecule has 0 saturated carbocycles. The zero-order chi connectivity index (χ0) is 9.80. The second-order valence-corrected chi connectivity index (χ2v) is 5.84. The molecule has 2 aromatic carbocycles. The lowest BCUT2D eigenvalue weighted by Gasteiger charge is -2.10. The molecule has 0 bridgehead atoms. The molecule has 70 valence electrons. The van der Waals surface area contributed by atoms with Gasteiger partial charge in [0.2, 0.25) is 0 Å². The van der Waals surface area contributed by atoms with E-state index in [1.54, 1.807) is 0 Å². The highest BCUT2D eigenvalue weighted by Gasteiger charge is 2.06. The summed E-state index contributed by atoms with van der Waals surface area (Å²) in [5.74, 6) is 0. The Morgan fingerprint density at radius 2 is 1.00 bits per heavy atom. The second kappa shape index (κ2) is 4.63. The quantitative estimate of drug-likeness (QED) is 0.581. The van der Waals surface area contributed by atoms with Crippen LogP contribution in [0.1, 0.15) is 0 Å². The molecule has 0 nitrogen and oxygen atoms in total. The fourth-order valence-electron chi connectivity index (χ4n) is 1.29. The molecular formula is C12H11PS. The van der Waals surface area contributed by atoms with Crippen LogP contribution in [0.4, 0.5) is 0 Å². The van der Waals surface area contributed by atoms with Crippen molar-refractivity contribution < 1.29 is 0 Å². The Morgan fingerprint density at radius 1 is 0.643 bits per heavy atom. The summed E-state index contributed by atoms with van der Waals surface area (Å²) < 4.78 is 0. The van der Waals surface area contributed by atoms with Crippen molar-refractivity contribution >= 4 is 30.0 Å². The van der Waals surface area contributed by atoms with Crippen molar-refractivity contribution in [1.82, 2.24) is 0 Å². The van der Waals surface area contributed by atoms with E-state index in [0.29, 0.717) is 0 Å². The Labute approximate surface area is 90.9 Å². The van der Waals surface area contributed by atoms with Gasteiger partial charge in [-0.25, -0.2) is 0 Å². The van der Waals surface area contributed by atoms with Crippen LogP contribution in [0.2, 0.25) is 0 Å². The largest absolute Gasteiger partial charge is 0.142 e. The highest BCUT2D eigenvalue weighted by Crippen LogP contribution is 2.37. The molecule has 2 heteroatoms. The van der Waals surface area contributed by atoms with Crippen molar-refractivity contribution in [2.24, 2.45) is 0 Å². The van der Waals surface area contributed by atoms with Crippen LogP contribution in [-0.2, 0) is 0 Å². The van der Waals surface area contributed by atoms with Crippen molar-refractivity contribution in [3.63, 3.8) is 0 Å². The third-order valence-electron chi connectivity index (χ3n) is 2.00. The van der Waals surface area contributed by atoms with Crippen molar-refractivity contribution in [3.05, 3.63) is 60.7 Å². The van der Waals surface area contributed by atoms with Gasteiger partial charge in [-0.3, -0.25) is 0 Å². The third kappa shape index (κ3) is 2.17. The van der Waals surface area contributed by atoms with Gasteiger partial charge in [0, 0.05) is 7.12 Å². The summed E-state index contributed by atoms with van der Waals surface area (Å²) >= 11 is 4.67. The molecule has 0 N–H and O–H groups in total. The second-order valence-electron chi connectivity index (χ2n) is 2.98. The lowest BCUT2D eigenvalue weighted by molar-refractivity contribution is 1.76. The number of rotatable bonds is 2. The number of hydrogen-bond donors (Lipinski definition) is 1. The maximum atomic E-state index is 4.67. The van der Waals surface area contributed by atoms with Crippen LogP contribution in [0.25, 0.3) is 0 Å². The summed E-state index contributed by atoms with van der Waals surface area (Å²) in [6, 6.07) is 20.8. The van der Waals surface area contributed by atoms with Gasteiger partial charge in [-0.05, 0) is 10.6 Å². The third-order valence-corrected chi connectivity index (χ3v) is 4.96. The molecule has 0 atom stereocenters. The highest BCUT2D eigenvalue weighted by atomic mass is 32.7. The van der Waals surface area contributed by atoms with Gasteiger partial charge < -0.3 is 0 Å². The Kier molecular flexibility index (Phi) is 3.23. The van der Waals surface area contributed by atoms with Crippen molar-refractivity contribution in [2.45, 2.75) is 0 Å². The molecular weight excluding hydrogens is 207 g/mol. The molecule has 0 aliphatic rings. The average Bonchev–Trinajstić information content (AvgIpc) is 2.30. The van der Waals surface area contributed by atoms with Crippen LogP contribution in [0, 0.1) is 0 Å². The van der Waals surface area contributed by atoms with Crippen LogP contribution < -0.4 is 10.6 Å². The molecule has 0 amide bonds. The Balaban J connectivity index is 2.30. The number of thiol groups is 1. The van der Waals surface area contributed by atoms with Crippen LogP contribution in [-0.4, -0.2) is 0 Å². The molecule has 0 spiro atoms. The number of hydrogen-bond acceptors (Lipinski definition) is 1. The first-order valence-corrected chi connectivity index (χ1v) is 6.96. The minimum absolute atomic E-state index is 0.476. The molecule has 0 aromatic heterocycles. The molecule has 0 heterocycles. The number of benzene rings is 2. The molecule has 0 fully saturated rings. The molecule has 0 aliphatic carbocycles. The van der Waals surface area contributed by atoms with Gasteiger partial charge in [0.25, 0.3) is 0 Å². The molecule has 0 saturated heterocycles. The summed E-state index contributed by atoms with van der Waals surface area (Å²) in [7, 11) is -0.476. The Bertz CT molecular complexity index is 346. The van der Waals surface area contributed by atoms with Gasteiger partial charge in [0.15, 0.2) is 0 Å². The maximum absolute atomic E-state index is 4.67. The van der Waals surface area contributed by atoms with Crippen molar-refractivity contribution in [3.8, 4) is 0 Å². The standard InChI is InChI=1S/C12H11PS/c14-13(11-7-3-1-4-8-11)12-9-5-2-6-10-12/h1-10,14H. The van der Waals surface area contributed by atoms with E-state index >= 15 is 0 Å². The first-order valence-electron chi connectivity index (χ1n) is 4.47. The summed E-state index contributed by atoms with van der Waals surface area (Å²) in [6.45, 7) is 0. The van der Waals surface area contributed by atoms with E-state index < -0.39 is 7.12 Å². The van der Waals surface area contributed by atoms with Crippen LogP contribution in [0.5, 0.6) is 0 Å². The van der Waals surface area contributed by atoms with E-state index in [-0.39, 0.29) is 0 Å². The minimum Gasteiger partial charge on any atom is -0.142 e. The molecule has 2 aromatic rings. The predicted molar refractivity (Wildman–Crippen MR) is 68.1 cm³/mol. The summed E-state index contributed by atoms with van der Waals surface area (Å²) in [6.07, 6.45) is 0. The van der Waals surface area contributed by atoms with E-state index in [4.69, 9.17) is 0 Å². The van der Waals surface area contributed by atoms with E-state index in [2.05, 4.69) is 60.8 Å². The van der Waals surface area contributed by atoms with Crippen molar-refractivity contribution in [1.29, 1.82) is 0 Å². The van der Waals surface area contributed by atoms with E-state index in [1.807, 2.05) is 12.1 Å². The summed E-state index contributed by atoms with van der Waals surface area (Å²) in [5, 5.41) is 2.61. The van der Waals surface area contributed by atoms with Gasteiger partial charge in [0.05, 0.1) is 0 Å². The normalized spacial score (nSPS) is 10.4. The van der Waals surface area contributed by atoms with Crippen LogP contribution in [0.3, 0.4) is 0 Å². The fraction of sp³-hybridized carbons (Fsp3) is 0. The zero-order valence-electron chi connectivity index (χ0n) is 7.67.